The van der Waals surface area contributed by atoms with Crippen molar-refractivity contribution in [2.75, 3.05) is 7.11 Å². The van der Waals surface area contributed by atoms with Gasteiger partial charge in [0, 0.05) is 10.4 Å². The zero-order valence-electron chi connectivity index (χ0n) is 8.27. The third-order valence-electron chi connectivity index (χ3n) is 2.19. The van der Waals surface area contributed by atoms with E-state index in [4.69, 9.17) is 4.74 Å². The molecule has 0 saturated carbocycles. The Labute approximate surface area is 92.1 Å². The summed E-state index contributed by atoms with van der Waals surface area (Å²) >= 11 is 1.61. The molecule has 0 bridgehead atoms. The Morgan fingerprint density at radius 1 is 1.27 bits per heavy atom. The molecule has 2 nitrogen and oxygen atoms in total. The summed E-state index contributed by atoms with van der Waals surface area (Å²) in [5, 5.41) is 1.99. The summed E-state index contributed by atoms with van der Waals surface area (Å²) < 4.78 is 5.15. The molecule has 0 aliphatic heterocycles. The van der Waals surface area contributed by atoms with Crippen LogP contribution in [-0.4, -0.2) is 13.4 Å². The lowest BCUT2D eigenvalue weighted by atomic mass is 10.1. The fourth-order valence-electron chi connectivity index (χ4n) is 1.49. The van der Waals surface area contributed by atoms with E-state index in [1.165, 1.54) is 0 Å². The maximum Gasteiger partial charge on any atom is 0.154 e. The van der Waals surface area contributed by atoms with Crippen molar-refractivity contribution in [3.63, 3.8) is 0 Å². The number of rotatable bonds is 3. The SMILES string of the molecule is COc1cccc(-c2cccs2)c1C=O. The van der Waals surface area contributed by atoms with E-state index >= 15 is 0 Å². The van der Waals surface area contributed by atoms with Gasteiger partial charge in [-0.05, 0) is 17.5 Å². The topological polar surface area (TPSA) is 26.3 Å². The van der Waals surface area contributed by atoms with Gasteiger partial charge in [0.05, 0.1) is 12.7 Å². The summed E-state index contributed by atoms with van der Waals surface area (Å²) in [5.74, 6) is 0.621. The minimum absolute atomic E-state index is 0.613. The summed E-state index contributed by atoms with van der Waals surface area (Å²) in [6.07, 6.45) is 0.841. The van der Waals surface area contributed by atoms with Crippen molar-refractivity contribution in [1.82, 2.24) is 0 Å². The van der Waals surface area contributed by atoms with E-state index in [1.54, 1.807) is 24.5 Å². The Hall–Kier alpha value is -1.61. The number of carbonyl (C=O) groups is 1. The summed E-state index contributed by atoms with van der Waals surface area (Å²) in [7, 11) is 1.57. The molecule has 0 aliphatic carbocycles. The summed E-state index contributed by atoms with van der Waals surface area (Å²) in [6.45, 7) is 0. The second-order valence-corrected chi connectivity index (χ2v) is 3.96. The number of aldehydes is 1. The standard InChI is InChI=1S/C12H10O2S/c1-14-11-5-2-4-9(10(11)8-13)12-6-3-7-15-12/h2-8H,1H3. The second-order valence-electron chi connectivity index (χ2n) is 3.02. The highest BCUT2D eigenvalue weighted by atomic mass is 32.1. The first kappa shape index (κ1) is 9.93. The second kappa shape index (κ2) is 4.28. The Kier molecular flexibility index (Phi) is 2.83. The fourth-order valence-corrected chi connectivity index (χ4v) is 2.26. The van der Waals surface area contributed by atoms with Crippen LogP contribution in [-0.2, 0) is 0 Å². The fraction of sp³-hybridized carbons (Fsp3) is 0.0833. The van der Waals surface area contributed by atoms with Crippen molar-refractivity contribution >= 4 is 17.6 Å². The van der Waals surface area contributed by atoms with Gasteiger partial charge in [0.2, 0.25) is 0 Å². The predicted octanol–water partition coefficient (Wildman–Crippen LogP) is 3.24. The van der Waals surface area contributed by atoms with Gasteiger partial charge in [-0.25, -0.2) is 0 Å². The smallest absolute Gasteiger partial charge is 0.154 e. The van der Waals surface area contributed by atoms with Crippen LogP contribution in [0.25, 0.3) is 10.4 Å². The van der Waals surface area contributed by atoms with Crippen LogP contribution in [0.5, 0.6) is 5.75 Å². The third-order valence-corrected chi connectivity index (χ3v) is 3.09. The first-order valence-corrected chi connectivity index (χ1v) is 5.41. The average molecular weight is 218 g/mol. The molecule has 15 heavy (non-hydrogen) atoms. The average Bonchev–Trinajstić information content (AvgIpc) is 2.81. The van der Waals surface area contributed by atoms with Gasteiger partial charge >= 0.3 is 0 Å². The molecule has 0 N–H and O–H groups in total. The first-order valence-electron chi connectivity index (χ1n) is 4.53. The van der Waals surface area contributed by atoms with E-state index in [1.807, 2.05) is 29.6 Å². The molecule has 0 saturated heterocycles. The molecule has 76 valence electrons. The molecular formula is C12H10O2S. The number of carbonyl (C=O) groups excluding carboxylic acids is 1. The van der Waals surface area contributed by atoms with Crippen molar-refractivity contribution in [3.8, 4) is 16.2 Å². The molecule has 1 aromatic heterocycles. The molecule has 1 heterocycles. The first-order chi connectivity index (χ1) is 7.36. The monoisotopic (exact) mass is 218 g/mol. The van der Waals surface area contributed by atoms with E-state index in [2.05, 4.69) is 0 Å². The zero-order valence-corrected chi connectivity index (χ0v) is 9.08. The van der Waals surface area contributed by atoms with Crippen LogP contribution >= 0.6 is 11.3 Å². The number of hydrogen-bond acceptors (Lipinski definition) is 3. The van der Waals surface area contributed by atoms with Crippen LogP contribution in [0.3, 0.4) is 0 Å². The van der Waals surface area contributed by atoms with Gasteiger partial charge in [-0.1, -0.05) is 18.2 Å². The highest BCUT2D eigenvalue weighted by Crippen LogP contribution is 2.31. The van der Waals surface area contributed by atoms with Crippen LogP contribution in [0, 0.1) is 0 Å². The Bertz CT molecular complexity index is 460. The predicted molar refractivity (Wildman–Crippen MR) is 61.7 cm³/mol. The number of ether oxygens (including phenoxy) is 1. The third kappa shape index (κ3) is 1.78. The number of hydrogen-bond donors (Lipinski definition) is 0. The van der Waals surface area contributed by atoms with Gasteiger partial charge in [0.25, 0.3) is 0 Å². The van der Waals surface area contributed by atoms with Gasteiger partial charge in [-0.3, -0.25) is 4.79 Å². The molecule has 0 fully saturated rings. The van der Waals surface area contributed by atoms with Crippen molar-refractivity contribution in [2.45, 2.75) is 0 Å². The van der Waals surface area contributed by atoms with Gasteiger partial charge in [-0.2, -0.15) is 0 Å². The molecule has 3 heteroatoms. The molecule has 2 rings (SSSR count). The minimum atomic E-state index is 0.613. The molecule has 0 amide bonds. The molecular weight excluding hydrogens is 208 g/mol. The van der Waals surface area contributed by atoms with Crippen LogP contribution in [0.15, 0.2) is 35.7 Å². The van der Waals surface area contributed by atoms with Crippen molar-refractivity contribution in [3.05, 3.63) is 41.3 Å². The van der Waals surface area contributed by atoms with E-state index in [0.717, 1.165) is 16.7 Å². The lowest BCUT2D eigenvalue weighted by molar-refractivity contribution is 0.112. The normalized spacial score (nSPS) is 9.93. The van der Waals surface area contributed by atoms with E-state index in [0.29, 0.717) is 11.3 Å². The van der Waals surface area contributed by atoms with E-state index in [9.17, 15) is 4.79 Å². The Morgan fingerprint density at radius 2 is 2.13 bits per heavy atom. The summed E-state index contributed by atoms with van der Waals surface area (Å²) in [5.41, 5.74) is 1.54. The number of thiophene rings is 1. The molecule has 2 aromatic rings. The van der Waals surface area contributed by atoms with Crippen molar-refractivity contribution in [2.24, 2.45) is 0 Å². The summed E-state index contributed by atoms with van der Waals surface area (Å²) in [4.78, 5) is 12.1. The van der Waals surface area contributed by atoms with E-state index < -0.39 is 0 Å². The summed E-state index contributed by atoms with van der Waals surface area (Å²) in [6, 6.07) is 9.57. The molecule has 0 unspecified atom stereocenters. The number of benzene rings is 1. The van der Waals surface area contributed by atoms with Crippen LogP contribution in [0.4, 0.5) is 0 Å². The molecule has 0 aliphatic rings. The van der Waals surface area contributed by atoms with Crippen LogP contribution < -0.4 is 4.74 Å². The van der Waals surface area contributed by atoms with E-state index in [-0.39, 0.29) is 0 Å². The highest BCUT2D eigenvalue weighted by Gasteiger charge is 2.09. The Balaban J connectivity index is 2.61. The lowest BCUT2D eigenvalue weighted by Crippen LogP contribution is -1.92. The van der Waals surface area contributed by atoms with Gasteiger partial charge in [0.15, 0.2) is 6.29 Å². The van der Waals surface area contributed by atoms with Gasteiger partial charge < -0.3 is 4.74 Å². The van der Waals surface area contributed by atoms with Crippen LogP contribution in [0.1, 0.15) is 10.4 Å². The molecule has 0 atom stereocenters. The lowest BCUT2D eigenvalue weighted by Gasteiger charge is -2.07. The highest BCUT2D eigenvalue weighted by molar-refractivity contribution is 7.13. The molecule has 1 aromatic carbocycles. The molecule has 0 radical (unpaired) electrons. The molecule has 0 spiro atoms. The number of methoxy groups -OCH3 is 1. The maximum absolute atomic E-state index is 11.0. The van der Waals surface area contributed by atoms with Gasteiger partial charge in [0.1, 0.15) is 5.75 Å². The zero-order chi connectivity index (χ0) is 10.7. The van der Waals surface area contributed by atoms with Crippen molar-refractivity contribution < 1.29 is 9.53 Å². The minimum Gasteiger partial charge on any atom is -0.496 e. The van der Waals surface area contributed by atoms with Gasteiger partial charge in [-0.15, -0.1) is 11.3 Å². The maximum atomic E-state index is 11.0. The Morgan fingerprint density at radius 3 is 2.73 bits per heavy atom. The van der Waals surface area contributed by atoms with Crippen LogP contribution in [0.2, 0.25) is 0 Å². The largest absolute Gasteiger partial charge is 0.496 e. The van der Waals surface area contributed by atoms with Crippen molar-refractivity contribution in [1.29, 1.82) is 0 Å². The quantitative estimate of drug-likeness (QED) is 0.739.